The molecule has 0 rings (SSSR count). The van der Waals surface area contributed by atoms with Crippen LogP contribution in [0.2, 0.25) is 19.1 Å². The number of aliphatic hydroxyl groups is 2. The first-order valence-corrected chi connectivity index (χ1v) is 9.52. The quantitative estimate of drug-likeness (QED) is 0.498. The van der Waals surface area contributed by atoms with Crippen molar-refractivity contribution in [2.45, 2.75) is 38.9 Å². The third kappa shape index (κ3) is 5.64. The van der Waals surface area contributed by atoms with Crippen LogP contribution in [0.15, 0.2) is 0 Å². The van der Waals surface area contributed by atoms with Gasteiger partial charge in [0.2, 0.25) is 0 Å². The zero-order valence-corrected chi connectivity index (χ0v) is 12.4. The van der Waals surface area contributed by atoms with Gasteiger partial charge in [0, 0.05) is 17.9 Å². The molecule has 0 aliphatic rings. The molecule has 0 aliphatic carbocycles. The number of hydrogen-bond donors (Lipinski definition) is 2. The van der Waals surface area contributed by atoms with Crippen molar-refractivity contribution >= 4 is 19.9 Å². The van der Waals surface area contributed by atoms with Crippen molar-refractivity contribution in [1.29, 1.82) is 0 Å². The zero-order chi connectivity index (χ0) is 12.7. The Morgan fingerprint density at radius 1 is 1.25 bits per heavy atom. The van der Waals surface area contributed by atoms with Gasteiger partial charge in [-0.1, -0.05) is 6.92 Å². The second kappa shape index (κ2) is 7.66. The Bertz CT molecular complexity index is 176. The molecule has 2 N–H and O–H groups in total. The summed E-state index contributed by atoms with van der Waals surface area (Å²) >= 11 is 5.67. The standard InChI is InChI=1S/C11H25ClO3Si/c1-4-11(8-13,9-14)10-15-16(2,3)7-5-6-12/h13-14H,4-10H2,1-3H3. The SMILES string of the molecule is CCC(CO)(CO)CO[Si](C)(C)CCCCl. The fourth-order valence-electron chi connectivity index (χ4n) is 1.38. The van der Waals surface area contributed by atoms with E-state index >= 15 is 0 Å². The smallest absolute Gasteiger partial charge is 0.186 e. The van der Waals surface area contributed by atoms with Crippen molar-refractivity contribution in [1.82, 2.24) is 0 Å². The average Bonchev–Trinajstić information content (AvgIpc) is 2.29. The lowest BCUT2D eigenvalue weighted by molar-refractivity contribution is 0.00861. The summed E-state index contributed by atoms with van der Waals surface area (Å²) in [6.45, 7) is 6.64. The van der Waals surface area contributed by atoms with Crippen molar-refractivity contribution in [3.63, 3.8) is 0 Å². The molecule has 0 aromatic heterocycles. The molecule has 0 aromatic rings. The highest BCUT2D eigenvalue weighted by Gasteiger charge is 2.31. The predicted octanol–water partition coefficient (Wildman–Crippen LogP) is 2.22. The molecule has 3 nitrogen and oxygen atoms in total. The molecular formula is C11H25ClO3Si. The fraction of sp³-hybridized carbons (Fsp3) is 1.00. The molecule has 0 atom stereocenters. The molecule has 0 unspecified atom stereocenters. The maximum Gasteiger partial charge on any atom is 0.186 e. The first-order valence-electron chi connectivity index (χ1n) is 5.87. The first kappa shape index (κ1) is 16.4. The van der Waals surface area contributed by atoms with Crippen molar-refractivity contribution in [2.75, 3.05) is 25.7 Å². The molecular weight excluding hydrogens is 244 g/mol. The van der Waals surface area contributed by atoms with Crippen molar-refractivity contribution < 1.29 is 14.6 Å². The van der Waals surface area contributed by atoms with Gasteiger partial charge in [-0.2, -0.15) is 0 Å². The van der Waals surface area contributed by atoms with Gasteiger partial charge in [-0.15, -0.1) is 11.6 Å². The molecule has 5 heteroatoms. The molecule has 0 bridgehead atoms. The van der Waals surface area contributed by atoms with E-state index in [9.17, 15) is 10.2 Å². The number of aliphatic hydroxyl groups excluding tert-OH is 2. The molecule has 0 aliphatic heterocycles. The van der Waals surface area contributed by atoms with Crippen LogP contribution in [-0.2, 0) is 4.43 Å². The number of rotatable bonds is 9. The summed E-state index contributed by atoms with van der Waals surface area (Å²) in [5.41, 5.74) is -0.481. The molecule has 0 heterocycles. The van der Waals surface area contributed by atoms with Crippen LogP contribution in [0.4, 0.5) is 0 Å². The Labute approximate surface area is 105 Å². The van der Waals surface area contributed by atoms with Crippen molar-refractivity contribution in [3.8, 4) is 0 Å². The minimum absolute atomic E-state index is 0.0278. The summed E-state index contributed by atoms with van der Waals surface area (Å²) < 4.78 is 5.93. The van der Waals surface area contributed by atoms with Crippen LogP contribution in [0.25, 0.3) is 0 Å². The summed E-state index contributed by atoms with van der Waals surface area (Å²) in [6, 6.07) is 1.02. The van der Waals surface area contributed by atoms with Crippen LogP contribution in [-0.4, -0.2) is 44.2 Å². The van der Waals surface area contributed by atoms with Crippen LogP contribution >= 0.6 is 11.6 Å². The van der Waals surface area contributed by atoms with Crippen LogP contribution in [0.3, 0.4) is 0 Å². The molecule has 0 spiro atoms. The average molecular weight is 269 g/mol. The predicted molar refractivity (Wildman–Crippen MR) is 70.5 cm³/mol. The first-order chi connectivity index (χ1) is 7.45. The van der Waals surface area contributed by atoms with Gasteiger partial charge in [-0.05, 0) is 32.0 Å². The largest absolute Gasteiger partial charge is 0.417 e. The molecule has 0 fully saturated rings. The van der Waals surface area contributed by atoms with Gasteiger partial charge in [0.05, 0.1) is 13.2 Å². The highest BCUT2D eigenvalue weighted by molar-refractivity contribution is 6.71. The van der Waals surface area contributed by atoms with Gasteiger partial charge in [-0.3, -0.25) is 0 Å². The number of halogens is 1. The van der Waals surface area contributed by atoms with Crippen LogP contribution < -0.4 is 0 Å². The van der Waals surface area contributed by atoms with E-state index in [4.69, 9.17) is 16.0 Å². The van der Waals surface area contributed by atoms with Gasteiger partial charge in [0.25, 0.3) is 0 Å². The highest BCUT2D eigenvalue weighted by atomic mass is 35.5. The summed E-state index contributed by atoms with van der Waals surface area (Å²) in [4.78, 5) is 0. The van der Waals surface area contributed by atoms with E-state index in [1.807, 2.05) is 6.92 Å². The molecule has 98 valence electrons. The van der Waals surface area contributed by atoms with Gasteiger partial charge in [0.15, 0.2) is 8.32 Å². The van der Waals surface area contributed by atoms with Crippen molar-refractivity contribution in [3.05, 3.63) is 0 Å². The van der Waals surface area contributed by atoms with Crippen LogP contribution in [0.5, 0.6) is 0 Å². The monoisotopic (exact) mass is 268 g/mol. The van der Waals surface area contributed by atoms with E-state index < -0.39 is 13.7 Å². The maximum atomic E-state index is 9.30. The molecule has 0 saturated heterocycles. The normalized spacial score (nSPS) is 13.1. The highest BCUT2D eigenvalue weighted by Crippen LogP contribution is 2.24. The lowest BCUT2D eigenvalue weighted by atomic mass is 9.88. The third-order valence-corrected chi connectivity index (χ3v) is 5.85. The second-order valence-corrected chi connectivity index (χ2v) is 9.70. The van der Waals surface area contributed by atoms with E-state index in [1.54, 1.807) is 0 Å². The lowest BCUT2D eigenvalue weighted by Crippen LogP contribution is -2.40. The fourth-order valence-corrected chi connectivity index (χ4v) is 3.61. The molecule has 0 amide bonds. The van der Waals surface area contributed by atoms with E-state index in [0.717, 1.165) is 18.9 Å². The minimum Gasteiger partial charge on any atom is -0.417 e. The summed E-state index contributed by atoms with van der Waals surface area (Å²) in [6.07, 6.45) is 1.69. The Morgan fingerprint density at radius 3 is 2.19 bits per heavy atom. The summed E-state index contributed by atoms with van der Waals surface area (Å²) in [5, 5.41) is 18.6. The molecule has 16 heavy (non-hydrogen) atoms. The third-order valence-electron chi connectivity index (χ3n) is 3.10. The molecule has 0 radical (unpaired) electrons. The van der Waals surface area contributed by atoms with E-state index in [1.165, 1.54) is 0 Å². The summed E-state index contributed by atoms with van der Waals surface area (Å²) in [5.74, 6) is 0.665. The Morgan fingerprint density at radius 2 is 1.81 bits per heavy atom. The summed E-state index contributed by atoms with van der Waals surface area (Å²) in [7, 11) is -1.69. The van der Waals surface area contributed by atoms with Gasteiger partial charge < -0.3 is 14.6 Å². The molecule has 0 aromatic carbocycles. The Balaban J connectivity index is 4.18. The maximum absolute atomic E-state index is 9.30. The number of alkyl halides is 1. The number of hydrogen-bond acceptors (Lipinski definition) is 3. The zero-order valence-electron chi connectivity index (χ0n) is 10.6. The van der Waals surface area contributed by atoms with E-state index in [0.29, 0.717) is 12.5 Å². The van der Waals surface area contributed by atoms with Crippen LogP contribution in [0, 0.1) is 5.41 Å². The van der Waals surface area contributed by atoms with Gasteiger partial charge in [0.1, 0.15) is 0 Å². The Hall–Kier alpha value is 0.387. The lowest BCUT2D eigenvalue weighted by Gasteiger charge is -2.33. The second-order valence-electron chi connectivity index (χ2n) is 5.01. The topological polar surface area (TPSA) is 49.7 Å². The minimum atomic E-state index is -1.69. The van der Waals surface area contributed by atoms with E-state index in [2.05, 4.69) is 13.1 Å². The molecule has 0 saturated carbocycles. The van der Waals surface area contributed by atoms with E-state index in [-0.39, 0.29) is 13.2 Å². The van der Waals surface area contributed by atoms with Gasteiger partial charge in [-0.25, -0.2) is 0 Å². The Kier molecular flexibility index (Phi) is 7.85. The van der Waals surface area contributed by atoms with Crippen molar-refractivity contribution in [2.24, 2.45) is 5.41 Å². The van der Waals surface area contributed by atoms with Crippen LogP contribution in [0.1, 0.15) is 19.8 Å². The van der Waals surface area contributed by atoms with Gasteiger partial charge >= 0.3 is 0 Å².